The molecule has 4 N–H and O–H groups in total. The van der Waals surface area contributed by atoms with Crippen LogP contribution in [0.1, 0.15) is 36.6 Å². The molecule has 0 aliphatic heterocycles. The van der Waals surface area contributed by atoms with Crippen LogP contribution in [0.15, 0.2) is 115 Å². The van der Waals surface area contributed by atoms with Gasteiger partial charge in [-0.2, -0.15) is 0 Å². The number of hydrogen-bond donors (Lipinski definition) is 4. The molecule has 3 amide bonds. The number of rotatable bonds is 11. The Hall–Kier alpha value is -6.30. The van der Waals surface area contributed by atoms with Crippen LogP contribution in [0.2, 0.25) is 0 Å². The van der Waals surface area contributed by atoms with Crippen molar-refractivity contribution in [1.29, 1.82) is 0 Å². The molecular formula is C33H27N3O9. The largest absolute Gasteiger partial charge is 0.478 e. The van der Waals surface area contributed by atoms with Gasteiger partial charge < -0.3 is 19.9 Å². The average Bonchev–Trinajstić information content (AvgIpc) is 3.06. The minimum Gasteiger partial charge on any atom is -0.478 e. The molecule has 0 saturated carbocycles. The van der Waals surface area contributed by atoms with Crippen LogP contribution >= 0.6 is 0 Å². The SMILES string of the molecule is O=C(Cc1ccccc1)Nc1ccc(C(=O)NNC(=O)[C@@H](OC(=O)c2ccccc2)[C@H](OC(=O)c2ccccc2)C(=O)O)cc1. The van der Waals surface area contributed by atoms with E-state index < -0.39 is 41.9 Å². The van der Waals surface area contributed by atoms with Gasteiger partial charge in [0.05, 0.1) is 17.5 Å². The Balaban J connectivity index is 1.43. The van der Waals surface area contributed by atoms with Gasteiger partial charge >= 0.3 is 17.9 Å². The first kappa shape index (κ1) is 31.6. The van der Waals surface area contributed by atoms with Gasteiger partial charge in [0.25, 0.3) is 11.8 Å². The Bertz CT molecular complexity index is 1660. The molecule has 0 saturated heterocycles. The van der Waals surface area contributed by atoms with Gasteiger partial charge in [-0.15, -0.1) is 0 Å². The quantitative estimate of drug-likeness (QED) is 0.147. The van der Waals surface area contributed by atoms with E-state index in [2.05, 4.69) is 10.7 Å². The fraction of sp³-hybridized carbons (Fsp3) is 0.0909. The van der Waals surface area contributed by atoms with Crippen molar-refractivity contribution >= 4 is 41.3 Å². The normalized spacial score (nSPS) is 11.6. The summed E-state index contributed by atoms with van der Waals surface area (Å²) in [6, 6.07) is 29.7. The van der Waals surface area contributed by atoms with Crippen LogP contribution < -0.4 is 16.2 Å². The standard InChI is InChI=1S/C33H27N3O9/c37-26(20-21-10-4-1-5-11-21)34-25-18-16-22(17-19-25)29(38)35-36-30(39)27(44-32(42)23-12-6-2-7-13-23)28(31(40)41)45-33(43)24-14-8-3-9-15-24/h1-19,27-28H,20H2,(H,34,37)(H,35,38)(H,36,39)(H,40,41)/t27-,28-/m0/s1. The zero-order valence-corrected chi connectivity index (χ0v) is 23.5. The highest BCUT2D eigenvalue weighted by Crippen LogP contribution is 2.14. The zero-order valence-electron chi connectivity index (χ0n) is 23.5. The van der Waals surface area contributed by atoms with Crippen molar-refractivity contribution < 1.29 is 43.3 Å². The minimum atomic E-state index is -2.28. The topological polar surface area (TPSA) is 177 Å². The van der Waals surface area contributed by atoms with Gasteiger partial charge in [-0.25, -0.2) is 14.4 Å². The van der Waals surface area contributed by atoms with Gasteiger partial charge in [0.2, 0.25) is 18.1 Å². The summed E-state index contributed by atoms with van der Waals surface area (Å²) in [5.41, 5.74) is 5.44. The van der Waals surface area contributed by atoms with Crippen LogP contribution in [0.4, 0.5) is 5.69 Å². The predicted octanol–water partition coefficient (Wildman–Crippen LogP) is 3.16. The lowest BCUT2D eigenvalue weighted by Crippen LogP contribution is -2.54. The third-order valence-electron chi connectivity index (χ3n) is 6.20. The smallest absolute Gasteiger partial charge is 0.349 e. The molecule has 12 nitrogen and oxygen atoms in total. The highest BCUT2D eigenvalue weighted by atomic mass is 16.6. The van der Waals surface area contributed by atoms with Crippen molar-refractivity contribution in [2.75, 3.05) is 5.32 Å². The fourth-order valence-electron chi connectivity index (χ4n) is 3.96. The van der Waals surface area contributed by atoms with Gasteiger partial charge in [-0.3, -0.25) is 25.2 Å². The number of carboxylic acids is 1. The van der Waals surface area contributed by atoms with Gasteiger partial charge in [-0.1, -0.05) is 66.7 Å². The van der Waals surface area contributed by atoms with E-state index in [1.807, 2.05) is 35.8 Å². The second-order valence-corrected chi connectivity index (χ2v) is 9.45. The van der Waals surface area contributed by atoms with Crippen molar-refractivity contribution in [3.63, 3.8) is 0 Å². The van der Waals surface area contributed by atoms with E-state index in [1.54, 1.807) is 12.1 Å². The summed E-state index contributed by atoms with van der Waals surface area (Å²) in [5, 5.41) is 12.6. The second-order valence-electron chi connectivity index (χ2n) is 9.45. The molecule has 4 rings (SSSR count). The van der Waals surface area contributed by atoms with Gasteiger partial charge in [-0.05, 0) is 54.1 Å². The summed E-state index contributed by atoms with van der Waals surface area (Å²) in [6.45, 7) is 0. The van der Waals surface area contributed by atoms with E-state index >= 15 is 0 Å². The highest BCUT2D eigenvalue weighted by molar-refractivity contribution is 5.99. The number of hydrogen-bond acceptors (Lipinski definition) is 8. The number of carbonyl (C=O) groups is 6. The number of ether oxygens (including phenoxy) is 2. The predicted molar refractivity (Wildman–Crippen MR) is 160 cm³/mol. The van der Waals surface area contributed by atoms with Crippen molar-refractivity contribution in [3.8, 4) is 0 Å². The lowest BCUT2D eigenvalue weighted by Gasteiger charge is -2.23. The van der Waals surface area contributed by atoms with Crippen LogP contribution in [-0.4, -0.2) is 52.9 Å². The van der Waals surface area contributed by atoms with Crippen molar-refractivity contribution in [2.24, 2.45) is 0 Å². The maximum Gasteiger partial charge on any atom is 0.349 e. The minimum absolute atomic E-state index is 0.00573. The number of benzene rings is 4. The summed E-state index contributed by atoms with van der Waals surface area (Å²) >= 11 is 0. The van der Waals surface area contributed by atoms with Crippen molar-refractivity contribution in [1.82, 2.24) is 10.9 Å². The van der Waals surface area contributed by atoms with E-state index in [0.29, 0.717) is 5.69 Å². The Labute approximate surface area is 256 Å². The monoisotopic (exact) mass is 609 g/mol. The maximum absolute atomic E-state index is 13.1. The third-order valence-corrected chi connectivity index (χ3v) is 6.20. The van der Waals surface area contributed by atoms with Crippen LogP contribution in [0.3, 0.4) is 0 Å². The van der Waals surface area contributed by atoms with Crippen LogP contribution in [0.5, 0.6) is 0 Å². The van der Waals surface area contributed by atoms with E-state index in [-0.39, 0.29) is 29.0 Å². The Kier molecular flexibility index (Phi) is 10.7. The number of carboxylic acid groups (broad SMARTS) is 1. The first-order valence-electron chi connectivity index (χ1n) is 13.5. The number of aliphatic carboxylic acids is 1. The molecule has 0 aliphatic rings. The fourth-order valence-corrected chi connectivity index (χ4v) is 3.96. The van der Waals surface area contributed by atoms with E-state index in [0.717, 1.165) is 5.56 Å². The summed E-state index contributed by atoms with van der Waals surface area (Å²) in [4.78, 5) is 75.7. The number of hydrazine groups is 1. The molecule has 4 aromatic carbocycles. The lowest BCUT2D eigenvalue weighted by atomic mass is 10.1. The molecule has 0 fully saturated rings. The first-order valence-corrected chi connectivity index (χ1v) is 13.5. The average molecular weight is 610 g/mol. The van der Waals surface area contributed by atoms with Crippen molar-refractivity contribution in [3.05, 3.63) is 138 Å². The van der Waals surface area contributed by atoms with Crippen LogP contribution in [0.25, 0.3) is 0 Å². The van der Waals surface area contributed by atoms with Gasteiger partial charge in [0.1, 0.15) is 0 Å². The number of amides is 3. The number of esters is 2. The van der Waals surface area contributed by atoms with Crippen LogP contribution in [-0.2, 0) is 30.3 Å². The molecule has 0 spiro atoms. The molecule has 228 valence electrons. The third kappa shape index (κ3) is 9.09. The Morgan fingerprint density at radius 1 is 0.578 bits per heavy atom. The number of nitrogens with one attached hydrogen (secondary N) is 3. The molecule has 0 radical (unpaired) electrons. The molecule has 4 aromatic rings. The Morgan fingerprint density at radius 2 is 1.07 bits per heavy atom. The van der Waals surface area contributed by atoms with Gasteiger partial charge in [0, 0.05) is 11.3 Å². The van der Waals surface area contributed by atoms with E-state index in [9.17, 15) is 33.9 Å². The molecule has 0 aromatic heterocycles. The summed E-state index contributed by atoms with van der Waals surface area (Å²) < 4.78 is 10.3. The highest BCUT2D eigenvalue weighted by Gasteiger charge is 2.41. The molecule has 12 heteroatoms. The molecule has 0 bridgehead atoms. The zero-order chi connectivity index (χ0) is 32.2. The molecule has 0 heterocycles. The van der Waals surface area contributed by atoms with E-state index in [1.165, 1.54) is 72.8 Å². The summed E-state index contributed by atoms with van der Waals surface area (Å²) in [7, 11) is 0. The van der Waals surface area contributed by atoms with Crippen molar-refractivity contribution in [2.45, 2.75) is 18.6 Å². The summed E-state index contributed by atoms with van der Waals surface area (Å²) in [5.74, 6) is -6.30. The molecule has 45 heavy (non-hydrogen) atoms. The summed E-state index contributed by atoms with van der Waals surface area (Å²) in [6.07, 6.45) is -4.32. The maximum atomic E-state index is 13.1. The molecular weight excluding hydrogens is 582 g/mol. The number of anilines is 1. The first-order chi connectivity index (χ1) is 21.7. The molecule has 0 aliphatic carbocycles. The van der Waals surface area contributed by atoms with Crippen LogP contribution in [0, 0.1) is 0 Å². The van der Waals surface area contributed by atoms with Gasteiger partial charge in [0.15, 0.2) is 0 Å². The lowest BCUT2D eigenvalue weighted by molar-refractivity contribution is -0.159. The van der Waals surface area contributed by atoms with E-state index in [4.69, 9.17) is 9.47 Å². The second kappa shape index (κ2) is 15.3. The molecule has 0 unspecified atom stereocenters. The Morgan fingerprint density at radius 3 is 1.58 bits per heavy atom. The number of carbonyl (C=O) groups excluding carboxylic acids is 5. The molecule has 2 atom stereocenters.